The van der Waals surface area contributed by atoms with Crippen molar-refractivity contribution in [3.8, 4) is 5.69 Å². The number of carbonyl (C=O) groups is 1. The first-order valence-corrected chi connectivity index (χ1v) is 5.76. The van der Waals surface area contributed by atoms with Crippen molar-refractivity contribution >= 4 is 17.6 Å². The monoisotopic (exact) mass is 304 g/mol. The SMILES string of the molecule is Cc1nn(-c2c(F)c(C)c(F)c(F)c2Cl)cc1C(=O)O. The summed E-state index contributed by atoms with van der Waals surface area (Å²) >= 11 is 5.59. The molecular weight excluding hydrogens is 297 g/mol. The van der Waals surface area contributed by atoms with Gasteiger partial charge in [0.15, 0.2) is 17.5 Å². The Bertz CT molecular complexity index is 699. The Labute approximate surface area is 116 Å². The molecule has 0 aliphatic carbocycles. The summed E-state index contributed by atoms with van der Waals surface area (Å²) in [6.45, 7) is 2.43. The number of benzene rings is 1. The van der Waals surface area contributed by atoms with E-state index in [-0.39, 0.29) is 11.3 Å². The van der Waals surface area contributed by atoms with Gasteiger partial charge in [-0.3, -0.25) is 0 Å². The topological polar surface area (TPSA) is 55.1 Å². The lowest BCUT2D eigenvalue weighted by Crippen LogP contribution is -2.06. The average Bonchev–Trinajstić information content (AvgIpc) is 2.76. The average molecular weight is 305 g/mol. The number of aromatic nitrogens is 2. The molecule has 2 aromatic rings. The second kappa shape index (κ2) is 4.82. The number of hydrogen-bond donors (Lipinski definition) is 1. The first-order chi connectivity index (χ1) is 9.25. The van der Waals surface area contributed by atoms with Crippen molar-refractivity contribution in [2.45, 2.75) is 13.8 Å². The number of carboxylic acid groups (broad SMARTS) is 1. The van der Waals surface area contributed by atoms with Crippen molar-refractivity contribution < 1.29 is 23.1 Å². The van der Waals surface area contributed by atoms with Gasteiger partial charge in [-0.05, 0) is 13.8 Å². The van der Waals surface area contributed by atoms with E-state index in [0.717, 1.165) is 17.8 Å². The van der Waals surface area contributed by atoms with Crippen LogP contribution < -0.4 is 0 Å². The Balaban J connectivity index is 2.77. The normalized spacial score (nSPS) is 10.9. The van der Waals surface area contributed by atoms with E-state index in [1.807, 2.05) is 0 Å². The molecule has 0 fully saturated rings. The summed E-state index contributed by atoms with van der Waals surface area (Å²) < 4.78 is 41.7. The molecule has 0 saturated carbocycles. The van der Waals surface area contributed by atoms with E-state index < -0.39 is 39.7 Å². The molecule has 0 amide bonds. The Morgan fingerprint density at radius 2 is 1.85 bits per heavy atom. The third-order valence-electron chi connectivity index (χ3n) is 2.82. The maximum Gasteiger partial charge on any atom is 0.339 e. The highest BCUT2D eigenvalue weighted by molar-refractivity contribution is 6.32. The molecule has 0 aliphatic rings. The van der Waals surface area contributed by atoms with Crippen molar-refractivity contribution in [2.75, 3.05) is 0 Å². The maximum atomic E-state index is 14.0. The highest BCUT2D eigenvalue weighted by Gasteiger charge is 2.24. The number of aromatic carboxylic acids is 1. The predicted molar refractivity (Wildman–Crippen MR) is 64.9 cm³/mol. The second-order valence-corrected chi connectivity index (χ2v) is 4.49. The van der Waals surface area contributed by atoms with Crippen LogP contribution in [0.3, 0.4) is 0 Å². The van der Waals surface area contributed by atoms with E-state index in [0.29, 0.717) is 0 Å². The summed E-state index contributed by atoms with van der Waals surface area (Å²) in [5, 5.41) is 11.9. The lowest BCUT2D eigenvalue weighted by Gasteiger charge is -2.10. The van der Waals surface area contributed by atoms with Gasteiger partial charge in [-0.15, -0.1) is 0 Å². The summed E-state index contributed by atoms with van der Waals surface area (Å²) in [7, 11) is 0. The Morgan fingerprint density at radius 3 is 2.35 bits per heavy atom. The zero-order valence-electron chi connectivity index (χ0n) is 10.3. The van der Waals surface area contributed by atoms with Crippen LogP contribution in [0.15, 0.2) is 6.20 Å². The van der Waals surface area contributed by atoms with Crippen molar-refractivity contribution in [2.24, 2.45) is 0 Å². The lowest BCUT2D eigenvalue weighted by molar-refractivity contribution is 0.0696. The summed E-state index contributed by atoms with van der Waals surface area (Å²) in [5.41, 5.74) is -1.19. The molecule has 0 radical (unpaired) electrons. The number of rotatable bonds is 2. The van der Waals surface area contributed by atoms with Gasteiger partial charge in [-0.1, -0.05) is 11.6 Å². The first kappa shape index (κ1) is 14.4. The molecule has 1 heterocycles. The van der Waals surface area contributed by atoms with Gasteiger partial charge < -0.3 is 5.11 Å². The van der Waals surface area contributed by atoms with E-state index in [9.17, 15) is 18.0 Å². The van der Waals surface area contributed by atoms with Gasteiger partial charge in [0.05, 0.1) is 5.69 Å². The van der Waals surface area contributed by atoms with Gasteiger partial charge in [0.1, 0.15) is 16.3 Å². The van der Waals surface area contributed by atoms with Gasteiger partial charge in [0, 0.05) is 11.8 Å². The number of nitrogens with zero attached hydrogens (tertiary/aromatic N) is 2. The minimum absolute atomic E-state index is 0.0929. The van der Waals surface area contributed by atoms with Crippen LogP contribution in [0.1, 0.15) is 21.6 Å². The molecule has 0 saturated heterocycles. The molecule has 1 N–H and O–H groups in total. The molecule has 0 unspecified atom stereocenters. The summed E-state index contributed by atoms with van der Waals surface area (Å²) in [5.74, 6) is -5.18. The number of hydrogen-bond acceptors (Lipinski definition) is 2. The van der Waals surface area contributed by atoms with Crippen LogP contribution in [-0.2, 0) is 0 Å². The molecule has 8 heteroatoms. The predicted octanol–water partition coefficient (Wildman–Crippen LogP) is 3.26. The molecule has 0 aliphatic heterocycles. The fourth-order valence-electron chi connectivity index (χ4n) is 1.72. The first-order valence-electron chi connectivity index (χ1n) is 5.38. The van der Waals surface area contributed by atoms with E-state index in [1.54, 1.807) is 0 Å². The van der Waals surface area contributed by atoms with Crippen LogP contribution in [-0.4, -0.2) is 20.9 Å². The summed E-state index contributed by atoms with van der Waals surface area (Å²) in [4.78, 5) is 10.9. The third-order valence-corrected chi connectivity index (χ3v) is 3.16. The standard InChI is InChI=1S/C12H8ClF3N2O2/c1-4-8(14)10(16)7(13)11(9(4)15)18-3-6(12(19)20)5(2)17-18/h3H,1-2H3,(H,19,20). The van der Waals surface area contributed by atoms with E-state index in [2.05, 4.69) is 5.10 Å². The quantitative estimate of drug-likeness (QED) is 0.684. The second-order valence-electron chi connectivity index (χ2n) is 4.11. The minimum atomic E-state index is -1.41. The van der Waals surface area contributed by atoms with Gasteiger partial charge in [0.2, 0.25) is 0 Å². The Kier molecular flexibility index (Phi) is 3.47. The lowest BCUT2D eigenvalue weighted by atomic mass is 10.2. The van der Waals surface area contributed by atoms with E-state index in [1.165, 1.54) is 6.92 Å². The Morgan fingerprint density at radius 1 is 1.25 bits per heavy atom. The van der Waals surface area contributed by atoms with Crippen LogP contribution in [0.25, 0.3) is 5.69 Å². The van der Waals surface area contributed by atoms with Crippen molar-refractivity contribution in [3.05, 3.63) is 45.5 Å². The fourth-order valence-corrected chi connectivity index (χ4v) is 1.97. The molecule has 1 aromatic carbocycles. The van der Waals surface area contributed by atoms with E-state index in [4.69, 9.17) is 16.7 Å². The highest BCUT2D eigenvalue weighted by atomic mass is 35.5. The van der Waals surface area contributed by atoms with Crippen LogP contribution in [0.2, 0.25) is 5.02 Å². The minimum Gasteiger partial charge on any atom is -0.478 e. The summed E-state index contributed by atoms with van der Waals surface area (Å²) in [6, 6.07) is 0. The number of carboxylic acids is 1. The van der Waals surface area contributed by atoms with Gasteiger partial charge in [-0.25, -0.2) is 22.6 Å². The molecular formula is C12H8ClF3N2O2. The molecule has 2 rings (SSSR count). The molecule has 0 bridgehead atoms. The number of aryl methyl sites for hydroxylation is 1. The highest BCUT2D eigenvalue weighted by Crippen LogP contribution is 2.31. The number of halogens is 4. The van der Waals surface area contributed by atoms with Crippen LogP contribution >= 0.6 is 11.6 Å². The zero-order valence-corrected chi connectivity index (χ0v) is 11.1. The largest absolute Gasteiger partial charge is 0.478 e. The van der Waals surface area contributed by atoms with E-state index >= 15 is 0 Å². The van der Waals surface area contributed by atoms with Crippen LogP contribution in [0, 0.1) is 31.3 Å². The third kappa shape index (κ3) is 2.03. The van der Waals surface area contributed by atoms with Gasteiger partial charge >= 0.3 is 5.97 Å². The molecule has 0 spiro atoms. The fraction of sp³-hybridized carbons (Fsp3) is 0.167. The van der Waals surface area contributed by atoms with Crippen molar-refractivity contribution in [1.29, 1.82) is 0 Å². The van der Waals surface area contributed by atoms with Gasteiger partial charge in [0.25, 0.3) is 0 Å². The van der Waals surface area contributed by atoms with Crippen LogP contribution in [0.4, 0.5) is 13.2 Å². The Hall–Kier alpha value is -2.02. The molecule has 0 atom stereocenters. The summed E-state index contributed by atoms with van der Waals surface area (Å²) in [6.07, 6.45) is 0.985. The van der Waals surface area contributed by atoms with Crippen molar-refractivity contribution in [3.63, 3.8) is 0 Å². The molecule has 1 aromatic heterocycles. The molecule has 20 heavy (non-hydrogen) atoms. The van der Waals surface area contributed by atoms with Crippen molar-refractivity contribution in [1.82, 2.24) is 9.78 Å². The van der Waals surface area contributed by atoms with Crippen LogP contribution in [0.5, 0.6) is 0 Å². The molecule has 4 nitrogen and oxygen atoms in total. The van der Waals surface area contributed by atoms with Gasteiger partial charge in [-0.2, -0.15) is 5.10 Å². The zero-order chi connectivity index (χ0) is 15.2. The smallest absolute Gasteiger partial charge is 0.339 e. The molecule has 106 valence electrons. The maximum absolute atomic E-state index is 14.0.